The van der Waals surface area contributed by atoms with Crippen LogP contribution >= 0.6 is 0 Å². The number of amides is 1. The van der Waals surface area contributed by atoms with Gasteiger partial charge in [-0.1, -0.05) is 12.1 Å². The molecule has 2 aromatic carbocycles. The Morgan fingerprint density at radius 3 is 2.39 bits per heavy atom. The Balaban J connectivity index is 1.46. The van der Waals surface area contributed by atoms with Gasteiger partial charge in [-0.3, -0.25) is 9.59 Å². The fraction of sp³-hybridized carbons (Fsp3) is 0.333. The molecule has 0 spiro atoms. The minimum Gasteiger partial charge on any atom is -0.349 e. The normalized spacial score (nSPS) is 27.0. The zero-order valence-corrected chi connectivity index (χ0v) is 16.0. The predicted octanol–water partition coefficient (Wildman–Crippen LogP) is 2.08. The number of piperidine rings is 1. The van der Waals surface area contributed by atoms with Gasteiger partial charge in [-0.2, -0.15) is 0 Å². The molecular formula is C21H20N2O4S. The first-order chi connectivity index (χ1) is 13.4. The summed E-state index contributed by atoms with van der Waals surface area (Å²) < 4.78 is 26.0. The van der Waals surface area contributed by atoms with Gasteiger partial charge in [-0.05, 0) is 56.0 Å². The Morgan fingerprint density at radius 2 is 1.64 bits per heavy atom. The van der Waals surface area contributed by atoms with Gasteiger partial charge in [-0.25, -0.2) is 8.42 Å². The molecule has 3 heterocycles. The number of hydrogen-bond acceptors (Lipinski definition) is 5. The van der Waals surface area contributed by atoms with Crippen LogP contribution in [0.3, 0.4) is 0 Å². The van der Waals surface area contributed by atoms with Gasteiger partial charge < -0.3 is 10.6 Å². The molecule has 7 heteroatoms. The summed E-state index contributed by atoms with van der Waals surface area (Å²) in [6.45, 7) is 0. The summed E-state index contributed by atoms with van der Waals surface area (Å²) in [4.78, 5) is 25.4. The van der Waals surface area contributed by atoms with Gasteiger partial charge in [0.05, 0.1) is 9.79 Å². The number of nitrogens with one attached hydrogen (secondary N) is 2. The molecule has 2 fully saturated rings. The van der Waals surface area contributed by atoms with E-state index in [2.05, 4.69) is 10.6 Å². The molecular weight excluding hydrogens is 376 g/mol. The quantitative estimate of drug-likeness (QED) is 0.692. The predicted molar refractivity (Wildman–Crippen MR) is 102 cm³/mol. The molecule has 2 aromatic rings. The Bertz CT molecular complexity index is 1100. The van der Waals surface area contributed by atoms with Crippen molar-refractivity contribution in [2.75, 3.05) is 0 Å². The molecule has 1 amide bonds. The lowest BCUT2D eigenvalue weighted by atomic mass is 9.98. The monoisotopic (exact) mass is 396 g/mol. The van der Waals surface area contributed by atoms with Crippen molar-refractivity contribution in [1.82, 2.24) is 10.6 Å². The topological polar surface area (TPSA) is 92.3 Å². The number of fused-ring (bicyclic) bond motifs is 4. The first-order valence-corrected chi connectivity index (χ1v) is 11.0. The van der Waals surface area contributed by atoms with Gasteiger partial charge in [0.25, 0.3) is 5.91 Å². The zero-order chi connectivity index (χ0) is 19.5. The van der Waals surface area contributed by atoms with Crippen molar-refractivity contribution in [3.8, 4) is 0 Å². The largest absolute Gasteiger partial charge is 0.349 e. The van der Waals surface area contributed by atoms with Crippen molar-refractivity contribution in [2.45, 2.75) is 53.6 Å². The minimum atomic E-state index is -3.84. The maximum atomic E-state index is 13.0. The standard InChI is InChI=1S/C21H20N2O4S/c24-20-16-3-1-2-4-18(16)28(26,27)19-9-12(5-8-17(19)20)21(25)23-15-10-13-6-7-14(11-15)22-13/h1-5,8-9,13-15,22H,6-7,10-11H2,(H,23,25). The molecule has 28 heavy (non-hydrogen) atoms. The molecule has 6 nitrogen and oxygen atoms in total. The van der Waals surface area contributed by atoms with Gasteiger partial charge >= 0.3 is 0 Å². The summed E-state index contributed by atoms with van der Waals surface area (Å²) in [5.74, 6) is -0.627. The van der Waals surface area contributed by atoms with E-state index in [4.69, 9.17) is 0 Å². The summed E-state index contributed by atoms with van der Waals surface area (Å²) >= 11 is 0. The Kier molecular flexibility index (Phi) is 3.93. The van der Waals surface area contributed by atoms with Gasteiger partial charge in [0.15, 0.2) is 5.78 Å². The first-order valence-electron chi connectivity index (χ1n) is 9.53. The zero-order valence-electron chi connectivity index (χ0n) is 15.1. The molecule has 144 valence electrons. The van der Waals surface area contributed by atoms with Crippen LogP contribution in [0.25, 0.3) is 0 Å². The number of ketones is 1. The third-order valence-corrected chi connectivity index (χ3v) is 7.86. The molecule has 0 aromatic heterocycles. The molecule has 2 N–H and O–H groups in total. The summed E-state index contributed by atoms with van der Waals surface area (Å²) in [7, 11) is -3.84. The number of sulfone groups is 1. The fourth-order valence-electron chi connectivity index (χ4n) is 4.67. The number of rotatable bonds is 2. The second-order valence-corrected chi connectivity index (χ2v) is 9.71. The van der Waals surface area contributed by atoms with E-state index >= 15 is 0 Å². The van der Waals surface area contributed by atoms with Crippen LogP contribution in [0.5, 0.6) is 0 Å². The molecule has 5 rings (SSSR count). The molecule has 3 aliphatic heterocycles. The van der Waals surface area contributed by atoms with Crippen molar-refractivity contribution in [3.63, 3.8) is 0 Å². The highest BCUT2D eigenvalue weighted by molar-refractivity contribution is 7.91. The van der Waals surface area contributed by atoms with E-state index in [1.54, 1.807) is 12.1 Å². The summed E-state index contributed by atoms with van der Waals surface area (Å²) in [6.07, 6.45) is 4.04. The molecule has 0 radical (unpaired) electrons. The van der Waals surface area contributed by atoms with E-state index in [9.17, 15) is 18.0 Å². The van der Waals surface area contributed by atoms with E-state index < -0.39 is 9.84 Å². The maximum Gasteiger partial charge on any atom is 0.251 e. The van der Waals surface area contributed by atoms with E-state index in [1.807, 2.05) is 0 Å². The summed E-state index contributed by atoms with van der Waals surface area (Å²) in [5.41, 5.74) is 0.563. The molecule has 0 saturated carbocycles. The highest BCUT2D eigenvalue weighted by atomic mass is 32.2. The molecule has 2 bridgehead atoms. The Morgan fingerprint density at radius 1 is 0.964 bits per heavy atom. The molecule has 0 aliphatic carbocycles. The van der Waals surface area contributed by atoms with Crippen molar-refractivity contribution in [3.05, 3.63) is 59.2 Å². The van der Waals surface area contributed by atoms with E-state index in [1.165, 1.54) is 30.3 Å². The van der Waals surface area contributed by atoms with Crippen LogP contribution in [-0.4, -0.2) is 38.2 Å². The lowest BCUT2D eigenvalue weighted by Gasteiger charge is -2.29. The average Bonchev–Trinajstić information content (AvgIpc) is 3.04. The van der Waals surface area contributed by atoms with Crippen LogP contribution in [0.2, 0.25) is 0 Å². The van der Waals surface area contributed by atoms with Gasteiger partial charge in [0.1, 0.15) is 0 Å². The smallest absolute Gasteiger partial charge is 0.251 e. The Labute approximate surface area is 163 Å². The second-order valence-electron chi connectivity index (χ2n) is 7.82. The van der Waals surface area contributed by atoms with Crippen LogP contribution < -0.4 is 10.6 Å². The Hall–Kier alpha value is -2.51. The average molecular weight is 396 g/mol. The molecule has 2 saturated heterocycles. The van der Waals surface area contributed by atoms with E-state index in [0.29, 0.717) is 12.1 Å². The minimum absolute atomic E-state index is 0.0000109. The van der Waals surface area contributed by atoms with Crippen LogP contribution in [0.1, 0.15) is 52.0 Å². The summed E-state index contributed by atoms with van der Waals surface area (Å²) in [6, 6.07) is 11.5. The number of carbonyl (C=O) groups excluding carboxylic acids is 2. The van der Waals surface area contributed by atoms with Gasteiger partial charge in [0, 0.05) is 34.8 Å². The van der Waals surface area contributed by atoms with Crippen molar-refractivity contribution < 1.29 is 18.0 Å². The van der Waals surface area contributed by atoms with Crippen LogP contribution in [0.15, 0.2) is 52.3 Å². The summed E-state index contributed by atoms with van der Waals surface area (Å²) in [5, 5.41) is 6.57. The highest BCUT2D eigenvalue weighted by Gasteiger charge is 2.36. The van der Waals surface area contributed by atoms with Gasteiger partial charge in [0.2, 0.25) is 9.84 Å². The lowest BCUT2D eigenvalue weighted by molar-refractivity contribution is 0.0922. The number of carbonyl (C=O) groups is 2. The van der Waals surface area contributed by atoms with Crippen LogP contribution in [0.4, 0.5) is 0 Å². The van der Waals surface area contributed by atoms with E-state index in [0.717, 1.165) is 25.7 Å². The highest BCUT2D eigenvalue weighted by Crippen LogP contribution is 2.35. The van der Waals surface area contributed by atoms with Crippen LogP contribution in [0, 0.1) is 0 Å². The lowest BCUT2D eigenvalue weighted by Crippen LogP contribution is -2.48. The van der Waals surface area contributed by atoms with Crippen molar-refractivity contribution >= 4 is 21.5 Å². The van der Waals surface area contributed by atoms with Crippen LogP contribution in [-0.2, 0) is 9.84 Å². The fourth-order valence-corrected chi connectivity index (χ4v) is 6.35. The second kappa shape index (κ2) is 6.25. The SMILES string of the molecule is O=C(NC1CC2CCC(C1)N2)c1ccc2c(c1)S(=O)(=O)c1ccccc1C2=O. The first kappa shape index (κ1) is 17.6. The van der Waals surface area contributed by atoms with E-state index in [-0.39, 0.29) is 44.2 Å². The third kappa shape index (κ3) is 2.69. The number of hydrogen-bond donors (Lipinski definition) is 2. The number of benzene rings is 2. The molecule has 2 atom stereocenters. The molecule has 2 unspecified atom stereocenters. The van der Waals surface area contributed by atoms with Gasteiger partial charge in [-0.15, -0.1) is 0 Å². The van der Waals surface area contributed by atoms with Crippen molar-refractivity contribution in [1.29, 1.82) is 0 Å². The molecule has 3 aliphatic rings. The third-order valence-electron chi connectivity index (χ3n) is 6.01. The maximum absolute atomic E-state index is 13.0. The van der Waals surface area contributed by atoms with Crippen molar-refractivity contribution in [2.24, 2.45) is 0 Å².